The highest BCUT2D eigenvalue weighted by Gasteiger charge is 2.24. The van der Waals surface area contributed by atoms with E-state index < -0.39 is 0 Å². The molecule has 1 fully saturated rings. The Labute approximate surface area is 155 Å². The van der Waals surface area contributed by atoms with Crippen LogP contribution in [0.4, 0.5) is 5.82 Å². The smallest absolute Gasteiger partial charge is 0.263 e. The van der Waals surface area contributed by atoms with Gasteiger partial charge in [-0.25, -0.2) is 4.68 Å². The fraction of sp³-hybridized carbons (Fsp3) is 0.278. The maximum Gasteiger partial charge on any atom is 0.263 e. The minimum Gasteiger partial charge on any atom is -0.352 e. The fourth-order valence-electron chi connectivity index (χ4n) is 3.08. The van der Waals surface area contributed by atoms with Gasteiger partial charge in [-0.05, 0) is 30.3 Å². The van der Waals surface area contributed by atoms with E-state index in [-0.39, 0.29) is 17.0 Å². The Kier molecular flexibility index (Phi) is 4.41. The van der Waals surface area contributed by atoms with Gasteiger partial charge in [-0.3, -0.25) is 9.59 Å². The molecule has 1 amide bonds. The van der Waals surface area contributed by atoms with Crippen molar-refractivity contribution in [3.8, 4) is 5.82 Å². The van der Waals surface area contributed by atoms with Gasteiger partial charge in [-0.1, -0.05) is 0 Å². The van der Waals surface area contributed by atoms with Crippen LogP contribution in [-0.2, 0) is 7.05 Å². The maximum atomic E-state index is 12.6. The topological polar surface area (TPSA) is 89.2 Å². The number of aromatic nitrogens is 5. The minimum absolute atomic E-state index is 0.205. The number of hydrogen-bond acceptors (Lipinski definition) is 6. The lowest BCUT2D eigenvalue weighted by Gasteiger charge is -2.35. The summed E-state index contributed by atoms with van der Waals surface area (Å²) in [5, 5.41) is 12.6. The van der Waals surface area contributed by atoms with E-state index in [4.69, 9.17) is 0 Å². The molecule has 0 radical (unpaired) electrons. The predicted molar refractivity (Wildman–Crippen MR) is 99.0 cm³/mol. The Bertz CT molecular complexity index is 987. The zero-order chi connectivity index (χ0) is 18.8. The van der Waals surface area contributed by atoms with Gasteiger partial charge in [-0.2, -0.15) is 5.10 Å². The number of rotatable bonds is 3. The van der Waals surface area contributed by atoms with Crippen LogP contribution in [-0.4, -0.2) is 61.5 Å². The number of aryl methyl sites for hydroxylation is 1. The molecule has 4 heterocycles. The van der Waals surface area contributed by atoms with E-state index in [1.54, 1.807) is 41.2 Å². The average Bonchev–Trinajstić information content (AvgIpc) is 3.25. The summed E-state index contributed by atoms with van der Waals surface area (Å²) in [6, 6.07) is 8.87. The highest BCUT2D eigenvalue weighted by Crippen LogP contribution is 2.15. The largest absolute Gasteiger partial charge is 0.352 e. The van der Waals surface area contributed by atoms with Crippen LogP contribution in [0.2, 0.25) is 0 Å². The third-order valence-corrected chi connectivity index (χ3v) is 4.62. The molecule has 0 aromatic carbocycles. The molecule has 0 unspecified atom stereocenters. The van der Waals surface area contributed by atoms with Crippen LogP contribution < -0.4 is 10.5 Å². The molecule has 3 aromatic rings. The number of nitrogens with zero attached hydrogens (tertiary/aromatic N) is 7. The molecule has 9 nitrogen and oxygen atoms in total. The van der Waals surface area contributed by atoms with Crippen molar-refractivity contribution < 1.29 is 4.79 Å². The highest BCUT2D eigenvalue weighted by atomic mass is 16.2. The van der Waals surface area contributed by atoms with Gasteiger partial charge in [0, 0.05) is 51.8 Å². The van der Waals surface area contributed by atoms with Gasteiger partial charge in [0.15, 0.2) is 11.6 Å². The van der Waals surface area contributed by atoms with Crippen molar-refractivity contribution in [1.82, 2.24) is 29.4 Å². The van der Waals surface area contributed by atoms with Gasteiger partial charge in [0.1, 0.15) is 5.56 Å². The average molecular weight is 365 g/mol. The third kappa shape index (κ3) is 3.31. The molecular weight excluding hydrogens is 346 g/mol. The minimum atomic E-state index is -0.273. The normalized spacial score (nSPS) is 14.4. The summed E-state index contributed by atoms with van der Waals surface area (Å²) in [6.07, 6.45) is 5.14. The summed E-state index contributed by atoms with van der Waals surface area (Å²) >= 11 is 0. The zero-order valence-corrected chi connectivity index (χ0v) is 14.9. The summed E-state index contributed by atoms with van der Waals surface area (Å²) in [5.41, 5.74) is -0.0678. The van der Waals surface area contributed by atoms with E-state index in [9.17, 15) is 9.59 Å². The maximum absolute atomic E-state index is 12.6. The van der Waals surface area contributed by atoms with Crippen LogP contribution >= 0.6 is 0 Å². The van der Waals surface area contributed by atoms with Gasteiger partial charge < -0.3 is 14.4 Å². The number of pyridine rings is 1. The first-order valence-electron chi connectivity index (χ1n) is 8.67. The van der Waals surface area contributed by atoms with Crippen LogP contribution in [0, 0.1) is 0 Å². The Morgan fingerprint density at radius 1 is 0.963 bits per heavy atom. The molecule has 1 aliphatic rings. The van der Waals surface area contributed by atoms with Crippen molar-refractivity contribution in [3.05, 3.63) is 64.8 Å². The molecule has 1 aliphatic heterocycles. The molecule has 3 aromatic heterocycles. The summed E-state index contributed by atoms with van der Waals surface area (Å²) in [6.45, 7) is 2.32. The number of carbonyl (C=O) groups is 1. The molecule has 138 valence electrons. The van der Waals surface area contributed by atoms with E-state index in [1.807, 2.05) is 24.4 Å². The first-order chi connectivity index (χ1) is 13.1. The molecule has 0 aliphatic carbocycles. The lowest BCUT2D eigenvalue weighted by molar-refractivity contribution is 0.0744. The lowest BCUT2D eigenvalue weighted by atomic mass is 10.2. The van der Waals surface area contributed by atoms with Crippen molar-refractivity contribution in [2.24, 2.45) is 7.05 Å². The summed E-state index contributed by atoms with van der Waals surface area (Å²) in [5.74, 6) is 1.18. The molecule has 27 heavy (non-hydrogen) atoms. The number of hydrogen-bond donors (Lipinski definition) is 0. The van der Waals surface area contributed by atoms with E-state index in [0.717, 1.165) is 5.82 Å². The molecule has 0 atom stereocenters. The van der Waals surface area contributed by atoms with Crippen molar-refractivity contribution in [3.63, 3.8) is 0 Å². The van der Waals surface area contributed by atoms with Crippen molar-refractivity contribution >= 4 is 11.7 Å². The molecule has 0 spiro atoms. The summed E-state index contributed by atoms with van der Waals surface area (Å²) in [7, 11) is 1.64. The van der Waals surface area contributed by atoms with Crippen LogP contribution in [0.3, 0.4) is 0 Å². The quantitative estimate of drug-likeness (QED) is 0.664. The van der Waals surface area contributed by atoms with E-state index in [2.05, 4.69) is 20.2 Å². The van der Waals surface area contributed by atoms with Crippen LogP contribution in [0.5, 0.6) is 0 Å². The van der Waals surface area contributed by atoms with E-state index in [1.165, 1.54) is 4.57 Å². The summed E-state index contributed by atoms with van der Waals surface area (Å²) < 4.78 is 3.06. The van der Waals surface area contributed by atoms with Crippen LogP contribution in [0.1, 0.15) is 10.4 Å². The van der Waals surface area contributed by atoms with Crippen molar-refractivity contribution in [2.45, 2.75) is 0 Å². The standard InChI is InChI=1S/C18H19N7O2/c1-22-8-2-4-14(17(22)26)18(27)24-12-10-23(11-13-24)15-5-6-16(21-20-15)25-9-3-7-19-25/h2-9H,10-13H2,1H3. The first-order valence-corrected chi connectivity index (χ1v) is 8.67. The number of piperazine rings is 1. The molecule has 4 rings (SSSR count). The molecule has 9 heteroatoms. The molecule has 0 bridgehead atoms. The molecule has 0 N–H and O–H groups in total. The van der Waals surface area contributed by atoms with Crippen LogP contribution in [0.25, 0.3) is 5.82 Å². The zero-order valence-electron chi connectivity index (χ0n) is 14.9. The number of anilines is 1. The predicted octanol–water partition coefficient (Wildman–Crippen LogP) is 0.323. The van der Waals surface area contributed by atoms with Gasteiger partial charge >= 0.3 is 0 Å². The fourth-order valence-corrected chi connectivity index (χ4v) is 3.08. The second-order valence-electron chi connectivity index (χ2n) is 6.32. The monoisotopic (exact) mass is 365 g/mol. The molecule has 0 saturated carbocycles. The summed E-state index contributed by atoms with van der Waals surface area (Å²) in [4.78, 5) is 28.6. The van der Waals surface area contributed by atoms with Gasteiger partial charge in [0.2, 0.25) is 0 Å². The molecule has 1 saturated heterocycles. The first kappa shape index (κ1) is 17.0. The number of amides is 1. The van der Waals surface area contributed by atoms with Gasteiger partial charge in [0.05, 0.1) is 0 Å². The van der Waals surface area contributed by atoms with Crippen LogP contribution in [0.15, 0.2) is 53.7 Å². The van der Waals surface area contributed by atoms with E-state index in [0.29, 0.717) is 32.0 Å². The highest BCUT2D eigenvalue weighted by molar-refractivity contribution is 5.94. The Balaban J connectivity index is 1.42. The SMILES string of the molecule is Cn1cccc(C(=O)N2CCN(c3ccc(-n4cccn4)nn3)CC2)c1=O. The van der Waals surface area contributed by atoms with Gasteiger partial charge in [-0.15, -0.1) is 10.2 Å². The Morgan fingerprint density at radius 2 is 1.70 bits per heavy atom. The van der Waals surface area contributed by atoms with E-state index >= 15 is 0 Å². The second-order valence-corrected chi connectivity index (χ2v) is 6.32. The second kappa shape index (κ2) is 7.02. The Morgan fingerprint density at radius 3 is 2.37 bits per heavy atom. The van der Waals surface area contributed by atoms with Crippen molar-refractivity contribution in [1.29, 1.82) is 0 Å². The third-order valence-electron chi connectivity index (χ3n) is 4.62. The molecular formula is C18H19N7O2. The van der Waals surface area contributed by atoms with Crippen molar-refractivity contribution in [2.75, 3.05) is 31.1 Å². The number of carbonyl (C=O) groups excluding carboxylic acids is 1. The lowest BCUT2D eigenvalue weighted by Crippen LogP contribution is -2.50. The Hall–Kier alpha value is -3.49. The van der Waals surface area contributed by atoms with Gasteiger partial charge in [0.25, 0.3) is 11.5 Å².